The van der Waals surface area contributed by atoms with Gasteiger partial charge in [0.2, 0.25) is 0 Å². The lowest BCUT2D eigenvalue weighted by Crippen LogP contribution is -2.07. The molecule has 18 heavy (non-hydrogen) atoms. The van der Waals surface area contributed by atoms with Crippen molar-refractivity contribution in [3.05, 3.63) is 23.5 Å². The Labute approximate surface area is 106 Å². The van der Waals surface area contributed by atoms with E-state index in [2.05, 4.69) is 4.99 Å². The zero-order chi connectivity index (χ0) is 13.7. The molecule has 0 amide bonds. The number of rotatable bonds is 5. The Morgan fingerprint density at radius 2 is 2.00 bits per heavy atom. The topological polar surface area (TPSA) is 51.0 Å². The Hall–Kier alpha value is -1.62. The summed E-state index contributed by atoms with van der Waals surface area (Å²) in [5, 5.41) is 9.89. The number of hydrogen-bond donors (Lipinski definition) is 1. The SMILES string of the molecule is COc1ccc([C@H](O)CN=C(C)C)c(F)c1OC. The van der Waals surface area contributed by atoms with Crippen molar-refractivity contribution in [1.29, 1.82) is 0 Å². The number of aliphatic hydroxyl groups excluding tert-OH is 1. The zero-order valence-corrected chi connectivity index (χ0v) is 11.0. The highest BCUT2D eigenvalue weighted by Gasteiger charge is 2.19. The molecule has 100 valence electrons. The fourth-order valence-corrected chi connectivity index (χ4v) is 1.53. The van der Waals surface area contributed by atoms with Gasteiger partial charge < -0.3 is 14.6 Å². The second-order valence-corrected chi connectivity index (χ2v) is 4.01. The Kier molecular flexibility index (Phi) is 5.09. The van der Waals surface area contributed by atoms with Crippen molar-refractivity contribution < 1.29 is 19.0 Å². The van der Waals surface area contributed by atoms with Crippen LogP contribution in [0, 0.1) is 5.82 Å². The molecule has 0 fully saturated rings. The molecule has 0 aromatic heterocycles. The monoisotopic (exact) mass is 255 g/mol. The van der Waals surface area contributed by atoms with E-state index in [-0.39, 0.29) is 17.9 Å². The third-order valence-electron chi connectivity index (χ3n) is 2.45. The molecule has 1 aromatic carbocycles. The van der Waals surface area contributed by atoms with Crippen LogP contribution < -0.4 is 9.47 Å². The minimum atomic E-state index is -1.00. The third kappa shape index (κ3) is 3.20. The normalized spacial score (nSPS) is 11.9. The summed E-state index contributed by atoms with van der Waals surface area (Å²) in [5.74, 6) is -0.333. The Morgan fingerprint density at radius 3 is 2.50 bits per heavy atom. The van der Waals surface area contributed by atoms with Crippen LogP contribution in [0.25, 0.3) is 0 Å². The molecule has 4 nitrogen and oxygen atoms in total. The number of nitrogens with zero attached hydrogens (tertiary/aromatic N) is 1. The molecule has 1 rings (SSSR count). The van der Waals surface area contributed by atoms with Crippen LogP contribution in [0.5, 0.6) is 11.5 Å². The van der Waals surface area contributed by atoms with Gasteiger partial charge in [-0.25, -0.2) is 4.39 Å². The first kappa shape index (κ1) is 14.4. The molecule has 1 atom stereocenters. The highest BCUT2D eigenvalue weighted by Crippen LogP contribution is 2.34. The summed E-state index contributed by atoms with van der Waals surface area (Å²) in [6.07, 6.45) is -1.00. The molecule has 0 radical (unpaired) electrons. The van der Waals surface area contributed by atoms with Gasteiger partial charge in [0.15, 0.2) is 17.3 Å². The van der Waals surface area contributed by atoms with Crippen LogP contribution in [0.15, 0.2) is 17.1 Å². The number of hydrogen-bond acceptors (Lipinski definition) is 4. The van der Waals surface area contributed by atoms with Crippen molar-refractivity contribution >= 4 is 5.71 Å². The summed E-state index contributed by atoms with van der Waals surface area (Å²) in [4.78, 5) is 4.07. The summed E-state index contributed by atoms with van der Waals surface area (Å²) in [7, 11) is 2.78. The van der Waals surface area contributed by atoms with Crippen molar-refractivity contribution in [3.8, 4) is 11.5 Å². The molecule has 0 spiro atoms. The average molecular weight is 255 g/mol. The Morgan fingerprint density at radius 1 is 1.33 bits per heavy atom. The van der Waals surface area contributed by atoms with Gasteiger partial charge in [0.05, 0.1) is 20.8 Å². The largest absolute Gasteiger partial charge is 0.493 e. The van der Waals surface area contributed by atoms with Crippen LogP contribution >= 0.6 is 0 Å². The summed E-state index contributed by atoms with van der Waals surface area (Å²) in [5.41, 5.74) is 0.979. The van der Waals surface area contributed by atoms with E-state index in [1.807, 2.05) is 13.8 Å². The molecule has 5 heteroatoms. The van der Waals surface area contributed by atoms with Gasteiger partial charge in [0, 0.05) is 11.3 Å². The van der Waals surface area contributed by atoms with Crippen molar-refractivity contribution in [2.24, 2.45) is 4.99 Å². The number of benzene rings is 1. The molecule has 1 aromatic rings. The van der Waals surface area contributed by atoms with Gasteiger partial charge in [-0.05, 0) is 26.0 Å². The molecule has 0 aliphatic heterocycles. The number of ether oxygens (including phenoxy) is 2. The van der Waals surface area contributed by atoms with E-state index in [1.54, 1.807) is 6.07 Å². The highest BCUT2D eigenvalue weighted by molar-refractivity contribution is 5.79. The minimum absolute atomic E-state index is 0.00810. The van der Waals surface area contributed by atoms with Gasteiger partial charge in [-0.2, -0.15) is 0 Å². The van der Waals surface area contributed by atoms with Crippen LogP contribution in [-0.4, -0.2) is 31.6 Å². The Balaban J connectivity index is 3.07. The van der Waals surface area contributed by atoms with E-state index in [0.717, 1.165) is 5.71 Å². The molecule has 0 aliphatic carbocycles. The molecular formula is C13H18FNO3. The van der Waals surface area contributed by atoms with Crippen LogP contribution in [0.2, 0.25) is 0 Å². The van der Waals surface area contributed by atoms with Gasteiger partial charge in [-0.3, -0.25) is 4.99 Å². The quantitative estimate of drug-likeness (QED) is 0.822. The molecule has 0 aliphatic rings. The van der Waals surface area contributed by atoms with Gasteiger partial charge in [0.25, 0.3) is 0 Å². The van der Waals surface area contributed by atoms with E-state index >= 15 is 0 Å². The predicted octanol–water partition coefficient (Wildman–Crippen LogP) is 2.36. The lowest BCUT2D eigenvalue weighted by atomic mass is 10.1. The van der Waals surface area contributed by atoms with Crippen molar-refractivity contribution in [3.63, 3.8) is 0 Å². The first-order valence-corrected chi connectivity index (χ1v) is 5.57. The number of aliphatic imine (C=N–C) groups is 1. The number of halogens is 1. The summed E-state index contributed by atoms with van der Waals surface area (Å²) in [6, 6.07) is 3.03. The minimum Gasteiger partial charge on any atom is -0.493 e. The van der Waals surface area contributed by atoms with Crippen molar-refractivity contribution in [2.75, 3.05) is 20.8 Å². The zero-order valence-electron chi connectivity index (χ0n) is 11.0. The van der Waals surface area contributed by atoms with E-state index in [4.69, 9.17) is 9.47 Å². The molecular weight excluding hydrogens is 237 g/mol. The molecule has 1 N–H and O–H groups in total. The summed E-state index contributed by atoms with van der Waals surface area (Å²) in [6.45, 7) is 3.75. The second-order valence-electron chi connectivity index (χ2n) is 4.01. The molecule has 0 heterocycles. The third-order valence-corrected chi connectivity index (χ3v) is 2.45. The standard InChI is InChI=1S/C13H18FNO3/c1-8(2)15-7-10(16)9-5-6-11(17-3)13(18-4)12(9)14/h5-6,10,16H,7H2,1-4H3/t10-/m1/s1. The van der Waals surface area contributed by atoms with Crippen molar-refractivity contribution in [2.45, 2.75) is 20.0 Å². The summed E-state index contributed by atoms with van der Waals surface area (Å²) >= 11 is 0. The number of methoxy groups -OCH3 is 2. The molecule has 0 saturated heterocycles. The van der Waals surface area contributed by atoms with E-state index in [1.165, 1.54) is 20.3 Å². The van der Waals surface area contributed by atoms with E-state index in [0.29, 0.717) is 5.75 Å². The highest BCUT2D eigenvalue weighted by atomic mass is 19.1. The lowest BCUT2D eigenvalue weighted by Gasteiger charge is -2.14. The van der Waals surface area contributed by atoms with E-state index in [9.17, 15) is 9.50 Å². The second kappa shape index (κ2) is 6.35. The van der Waals surface area contributed by atoms with Crippen LogP contribution in [-0.2, 0) is 0 Å². The van der Waals surface area contributed by atoms with Crippen LogP contribution in [0.1, 0.15) is 25.5 Å². The van der Waals surface area contributed by atoms with Gasteiger partial charge in [0.1, 0.15) is 6.10 Å². The van der Waals surface area contributed by atoms with Crippen LogP contribution in [0.3, 0.4) is 0 Å². The first-order chi connectivity index (χ1) is 8.51. The maximum absolute atomic E-state index is 14.1. The fraction of sp³-hybridized carbons (Fsp3) is 0.462. The smallest absolute Gasteiger partial charge is 0.197 e. The maximum Gasteiger partial charge on any atom is 0.197 e. The lowest BCUT2D eigenvalue weighted by molar-refractivity contribution is 0.180. The molecule has 0 saturated carbocycles. The van der Waals surface area contributed by atoms with Crippen LogP contribution in [0.4, 0.5) is 4.39 Å². The first-order valence-electron chi connectivity index (χ1n) is 5.57. The Bertz CT molecular complexity index is 442. The maximum atomic E-state index is 14.1. The molecule has 0 bridgehead atoms. The summed E-state index contributed by atoms with van der Waals surface area (Å²) < 4.78 is 24.0. The molecule has 0 unspecified atom stereocenters. The van der Waals surface area contributed by atoms with Gasteiger partial charge in [-0.15, -0.1) is 0 Å². The fourth-order valence-electron chi connectivity index (χ4n) is 1.53. The average Bonchev–Trinajstić information content (AvgIpc) is 2.35. The van der Waals surface area contributed by atoms with Gasteiger partial charge >= 0.3 is 0 Å². The van der Waals surface area contributed by atoms with Crippen molar-refractivity contribution in [1.82, 2.24) is 0 Å². The number of aliphatic hydroxyl groups is 1. The predicted molar refractivity (Wildman–Crippen MR) is 68.1 cm³/mol. The van der Waals surface area contributed by atoms with E-state index < -0.39 is 11.9 Å². The van der Waals surface area contributed by atoms with Gasteiger partial charge in [-0.1, -0.05) is 0 Å².